The summed E-state index contributed by atoms with van der Waals surface area (Å²) in [7, 11) is 0. The molecule has 4 rings (SSSR count). The first-order chi connectivity index (χ1) is 15.2. The summed E-state index contributed by atoms with van der Waals surface area (Å²) in [4.78, 5) is 27.3. The summed E-state index contributed by atoms with van der Waals surface area (Å²) in [6, 6.07) is 7.04. The molecule has 5 unspecified atom stereocenters. The number of carbonyl (C=O) groups excluding carboxylic acids is 1. The van der Waals surface area contributed by atoms with Gasteiger partial charge in [0.2, 0.25) is 0 Å². The van der Waals surface area contributed by atoms with Gasteiger partial charge in [0.15, 0.2) is 0 Å². The molecule has 1 aromatic carbocycles. The number of carboxylic acid groups (broad SMARTS) is 1. The lowest BCUT2D eigenvalue weighted by atomic mass is 9.71. The third kappa shape index (κ3) is 3.98. The van der Waals surface area contributed by atoms with Crippen LogP contribution in [0.15, 0.2) is 24.3 Å². The molecular weight excluding hydrogens is 417 g/mol. The SMILES string of the molecule is CC(C)OC(=O)Nc1ccc(N2CCCC(C34CCC(CC(O)C3F)N4C(=O)O)C2)cc1. The Kier molecular flexibility index (Phi) is 6.20. The van der Waals surface area contributed by atoms with E-state index in [1.807, 2.05) is 12.1 Å². The smallest absolute Gasteiger partial charge is 0.411 e. The standard InChI is InChI=1S/C23H32FN3O5/c1-14(2)32-21(29)25-16-5-7-17(8-6-16)26-11-3-4-15(13-26)23-10-9-18(27(23)22(30)31)12-19(28)20(23)24/h5-8,14-15,18-20,28H,3-4,9-13H2,1-2H3,(H,25,29)(H,30,31). The number of anilines is 2. The van der Waals surface area contributed by atoms with E-state index in [1.54, 1.807) is 26.0 Å². The number of piperidine rings is 2. The molecule has 0 radical (unpaired) electrons. The molecule has 8 nitrogen and oxygen atoms in total. The molecule has 5 atom stereocenters. The Labute approximate surface area is 187 Å². The molecule has 1 aromatic rings. The van der Waals surface area contributed by atoms with Gasteiger partial charge in [0.05, 0.1) is 17.7 Å². The van der Waals surface area contributed by atoms with Gasteiger partial charge in [0.1, 0.15) is 6.17 Å². The van der Waals surface area contributed by atoms with Crippen LogP contribution in [0.2, 0.25) is 0 Å². The molecule has 0 aromatic heterocycles. The van der Waals surface area contributed by atoms with E-state index in [4.69, 9.17) is 4.74 Å². The van der Waals surface area contributed by atoms with Crippen LogP contribution < -0.4 is 10.2 Å². The van der Waals surface area contributed by atoms with E-state index in [0.717, 1.165) is 25.1 Å². The zero-order valence-electron chi connectivity index (χ0n) is 18.5. The molecule has 9 heteroatoms. The molecule has 176 valence electrons. The Morgan fingerprint density at radius 2 is 1.97 bits per heavy atom. The number of halogens is 1. The van der Waals surface area contributed by atoms with Gasteiger partial charge < -0.3 is 19.8 Å². The molecule has 0 spiro atoms. The monoisotopic (exact) mass is 449 g/mol. The maximum absolute atomic E-state index is 15.5. The highest BCUT2D eigenvalue weighted by Crippen LogP contribution is 2.52. The van der Waals surface area contributed by atoms with Crippen molar-refractivity contribution in [2.24, 2.45) is 5.92 Å². The minimum absolute atomic E-state index is 0.166. The van der Waals surface area contributed by atoms with Crippen LogP contribution in [-0.4, -0.2) is 70.3 Å². The summed E-state index contributed by atoms with van der Waals surface area (Å²) in [5.74, 6) is -0.207. The number of alkyl halides is 1. The number of hydrogen-bond acceptors (Lipinski definition) is 5. The quantitative estimate of drug-likeness (QED) is 0.646. The van der Waals surface area contributed by atoms with Gasteiger partial charge >= 0.3 is 12.2 Å². The Hall–Kier alpha value is -2.55. The summed E-state index contributed by atoms with van der Waals surface area (Å²) in [6.07, 6.45) is -1.78. The van der Waals surface area contributed by atoms with Gasteiger partial charge in [-0.15, -0.1) is 0 Å². The maximum Gasteiger partial charge on any atom is 0.411 e. The van der Waals surface area contributed by atoms with Crippen LogP contribution in [0.3, 0.4) is 0 Å². The summed E-state index contributed by atoms with van der Waals surface area (Å²) >= 11 is 0. The van der Waals surface area contributed by atoms with E-state index >= 15 is 4.39 Å². The third-order valence-electron chi connectivity index (χ3n) is 7.18. The number of carbonyl (C=O) groups is 2. The fraction of sp³-hybridized carbons (Fsp3) is 0.652. The second-order valence-electron chi connectivity index (χ2n) is 9.45. The van der Waals surface area contributed by atoms with E-state index in [9.17, 15) is 19.8 Å². The van der Waals surface area contributed by atoms with Gasteiger partial charge in [-0.25, -0.2) is 14.0 Å². The highest BCUT2D eigenvalue weighted by molar-refractivity contribution is 5.85. The number of rotatable bonds is 4. The molecule has 0 saturated carbocycles. The first-order valence-corrected chi connectivity index (χ1v) is 11.4. The lowest BCUT2D eigenvalue weighted by Crippen LogP contribution is -2.68. The number of hydrogen-bond donors (Lipinski definition) is 3. The summed E-state index contributed by atoms with van der Waals surface area (Å²) in [5.41, 5.74) is 0.369. The van der Waals surface area contributed by atoms with Crippen molar-refractivity contribution in [2.45, 2.75) is 75.9 Å². The zero-order chi connectivity index (χ0) is 23.0. The number of aliphatic hydroxyl groups is 1. The summed E-state index contributed by atoms with van der Waals surface area (Å²) < 4.78 is 20.6. The van der Waals surface area contributed by atoms with Crippen LogP contribution in [0, 0.1) is 5.92 Å². The molecule has 3 aliphatic rings. The number of benzene rings is 1. The van der Waals surface area contributed by atoms with Crippen molar-refractivity contribution in [3.63, 3.8) is 0 Å². The topological polar surface area (TPSA) is 102 Å². The Balaban J connectivity index is 1.51. The normalized spacial score (nSPS) is 32.2. The molecule has 3 saturated heterocycles. The van der Waals surface area contributed by atoms with Crippen molar-refractivity contribution in [3.05, 3.63) is 24.3 Å². The van der Waals surface area contributed by atoms with Gasteiger partial charge in [0.25, 0.3) is 0 Å². The average molecular weight is 450 g/mol. The van der Waals surface area contributed by atoms with E-state index in [1.165, 1.54) is 4.90 Å². The van der Waals surface area contributed by atoms with E-state index in [0.29, 0.717) is 25.1 Å². The second-order valence-corrected chi connectivity index (χ2v) is 9.45. The molecule has 3 aliphatic heterocycles. The van der Waals surface area contributed by atoms with E-state index < -0.39 is 30.0 Å². The van der Waals surface area contributed by atoms with Crippen LogP contribution in [0.1, 0.15) is 46.0 Å². The van der Waals surface area contributed by atoms with Gasteiger partial charge in [-0.1, -0.05) is 0 Å². The Bertz CT molecular complexity index is 851. The fourth-order valence-electron chi connectivity index (χ4n) is 5.91. The predicted octanol–water partition coefficient (Wildman–Crippen LogP) is 3.84. The van der Waals surface area contributed by atoms with Crippen molar-refractivity contribution >= 4 is 23.6 Å². The number of amides is 2. The van der Waals surface area contributed by atoms with Crippen LogP contribution in [-0.2, 0) is 4.74 Å². The van der Waals surface area contributed by atoms with Crippen LogP contribution in [0.4, 0.5) is 25.4 Å². The number of nitrogens with one attached hydrogen (secondary N) is 1. The van der Waals surface area contributed by atoms with Gasteiger partial charge in [-0.2, -0.15) is 0 Å². The van der Waals surface area contributed by atoms with Crippen molar-refractivity contribution < 1.29 is 28.9 Å². The van der Waals surface area contributed by atoms with Gasteiger partial charge in [-0.3, -0.25) is 10.2 Å². The Morgan fingerprint density at radius 3 is 2.62 bits per heavy atom. The molecule has 3 fully saturated rings. The van der Waals surface area contributed by atoms with Crippen molar-refractivity contribution in [2.75, 3.05) is 23.3 Å². The fourth-order valence-corrected chi connectivity index (χ4v) is 5.91. The van der Waals surface area contributed by atoms with Gasteiger partial charge in [-0.05, 0) is 70.2 Å². The number of nitrogens with zero attached hydrogens (tertiary/aromatic N) is 2. The van der Waals surface area contributed by atoms with Crippen molar-refractivity contribution in [3.8, 4) is 0 Å². The molecule has 32 heavy (non-hydrogen) atoms. The molecule has 3 N–H and O–H groups in total. The van der Waals surface area contributed by atoms with Gasteiger partial charge in [0, 0.05) is 36.4 Å². The van der Waals surface area contributed by atoms with E-state index in [-0.39, 0.29) is 24.5 Å². The lowest BCUT2D eigenvalue weighted by molar-refractivity contribution is -0.102. The molecular formula is C23H32FN3O5. The number of ether oxygens (including phenoxy) is 1. The molecule has 2 bridgehead atoms. The van der Waals surface area contributed by atoms with Crippen LogP contribution >= 0.6 is 0 Å². The molecule has 0 aliphatic carbocycles. The summed E-state index contributed by atoms with van der Waals surface area (Å²) in [5, 5.41) is 22.9. The first-order valence-electron chi connectivity index (χ1n) is 11.4. The number of aliphatic hydroxyl groups excluding tert-OH is 1. The molecule has 2 amide bonds. The number of fused-ring (bicyclic) bond motifs is 2. The minimum atomic E-state index is -1.58. The van der Waals surface area contributed by atoms with Crippen molar-refractivity contribution in [1.29, 1.82) is 0 Å². The van der Waals surface area contributed by atoms with Crippen molar-refractivity contribution in [1.82, 2.24) is 4.90 Å². The Morgan fingerprint density at radius 1 is 1.25 bits per heavy atom. The zero-order valence-corrected chi connectivity index (χ0v) is 18.5. The average Bonchev–Trinajstić information content (AvgIpc) is 3.07. The highest BCUT2D eigenvalue weighted by atomic mass is 19.1. The largest absolute Gasteiger partial charge is 0.465 e. The highest BCUT2D eigenvalue weighted by Gasteiger charge is 2.63. The third-order valence-corrected chi connectivity index (χ3v) is 7.18. The predicted molar refractivity (Wildman–Crippen MR) is 118 cm³/mol. The second kappa shape index (κ2) is 8.77. The lowest BCUT2D eigenvalue weighted by Gasteiger charge is -2.53. The maximum atomic E-state index is 15.5. The minimum Gasteiger partial charge on any atom is -0.465 e. The van der Waals surface area contributed by atoms with E-state index in [2.05, 4.69) is 10.2 Å². The van der Waals surface area contributed by atoms with Crippen LogP contribution in [0.5, 0.6) is 0 Å². The summed E-state index contributed by atoms with van der Waals surface area (Å²) in [6.45, 7) is 4.86. The van der Waals surface area contributed by atoms with Crippen LogP contribution in [0.25, 0.3) is 0 Å². The molecule has 3 heterocycles. The first kappa shape index (κ1) is 22.6.